The molecule has 0 aliphatic carbocycles. The first-order chi connectivity index (χ1) is 16.0. The highest BCUT2D eigenvalue weighted by atomic mass is 16.7. The van der Waals surface area contributed by atoms with Crippen molar-refractivity contribution in [2.24, 2.45) is 0 Å². The molecular formula is C26H27NO6. The number of carbonyl (C=O) groups is 2. The summed E-state index contributed by atoms with van der Waals surface area (Å²) in [6.45, 7) is 7.81. The second-order valence-electron chi connectivity index (χ2n) is 7.66. The Morgan fingerprint density at radius 2 is 1.45 bits per heavy atom. The highest BCUT2D eigenvalue weighted by Gasteiger charge is 2.41. The number of fused-ring (bicyclic) bond motifs is 1. The second kappa shape index (κ2) is 9.40. The lowest BCUT2D eigenvalue weighted by Gasteiger charge is -2.38. The average molecular weight is 450 g/mol. The second-order valence-corrected chi connectivity index (χ2v) is 7.66. The van der Waals surface area contributed by atoms with Crippen molar-refractivity contribution < 1.29 is 28.5 Å². The summed E-state index contributed by atoms with van der Waals surface area (Å²) in [6.07, 6.45) is 0. The van der Waals surface area contributed by atoms with Crippen molar-refractivity contribution in [1.82, 2.24) is 0 Å². The van der Waals surface area contributed by atoms with E-state index >= 15 is 0 Å². The van der Waals surface area contributed by atoms with Crippen LogP contribution in [-0.4, -0.2) is 31.9 Å². The number of hydrogen-bond acceptors (Lipinski definition) is 7. The van der Waals surface area contributed by atoms with E-state index in [-0.39, 0.29) is 20.0 Å². The number of ether oxygens (including phenoxy) is 4. The van der Waals surface area contributed by atoms with E-state index in [4.69, 9.17) is 18.9 Å². The number of anilines is 1. The van der Waals surface area contributed by atoms with Crippen molar-refractivity contribution in [3.05, 3.63) is 76.6 Å². The van der Waals surface area contributed by atoms with Crippen LogP contribution < -0.4 is 14.4 Å². The molecule has 33 heavy (non-hydrogen) atoms. The van der Waals surface area contributed by atoms with E-state index in [0.29, 0.717) is 34.0 Å². The van der Waals surface area contributed by atoms with Crippen molar-refractivity contribution >= 4 is 17.6 Å². The lowest BCUT2D eigenvalue weighted by Crippen LogP contribution is -2.35. The van der Waals surface area contributed by atoms with Gasteiger partial charge >= 0.3 is 11.9 Å². The van der Waals surface area contributed by atoms with Gasteiger partial charge in [-0.15, -0.1) is 0 Å². The minimum atomic E-state index is -0.683. The number of carbonyl (C=O) groups excluding carboxylic acids is 2. The molecule has 4 rings (SSSR count). The van der Waals surface area contributed by atoms with Gasteiger partial charge in [0.25, 0.3) is 0 Å². The Labute approximate surface area is 193 Å². The van der Waals surface area contributed by atoms with Gasteiger partial charge in [0, 0.05) is 17.1 Å². The fourth-order valence-corrected chi connectivity index (χ4v) is 4.39. The molecule has 7 nitrogen and oxygen atoms in total. The number of nitrogens with zero attached hydrogens (tertiary/aromatic N) is 1. The number of esters is 2. The topological polar surface area (TPSA) is 74.3 Å². The SMILES string of the molecule is CCOC(=O)C1=C(C)N(c2ccccc2)C(C)=C(C(=O)OCC)C1c1ccc2c(c1)OCO2. The molecule has 2 aliphatic heterocycles. The molecule has 2 aromatic rings. The molecule has 2 heterocycles. The molecule has 0 amide bonds. The molecule has 0 radical (unpaired) electrons. The Bertz CT molecular complexity index is 1090. The number of hydrogen-bond donors (Lipinski definition) is 0. The summed E-state index contributed by atoms with van der Waals surface area (Å²) in [5.74, 6) is -0.449. The van der Waals surface area contributed by atoms with E-state index in [1.54, 1.807) is 19.9 Å². The lowest BCUT2D eigenvalue weighted by molar-refractivity contribution is -0.139. The normalized spacial score (nSPS) is 15.7. The maximum absolute atomic E-state index is 13.3. The minimum Gasteiger partial charge on any atom is -0.463 e. The van der Waals surface area contributed by atoms with Crippen molar-refractivity contribution in [1.29, 1.82) is 0 Å². The molecule has 0 fully saturated rings. The van der Waals surface area contributed by atoms with Crippen molar-refractivity contribution in [3.63, 3.8) is 0 Å². The molecule has 172 valence electrons. The number of allylic oxidation sites excluding steroid dienone is 2. The first kappa shape index (κ1) is 22.5. The predicted molar refractivity (Wildman–Crippen MR) is 123 cm³/mol. The zero-order valence-corrected chi connectivity index (χ0v) is 19.2. The Balaban J connectivity index is 1.96. The molecule has 0 unspecified atom stereocenters. The molecule has 0 bridgehead atoms. The summed E-state index contributed by atoms with van der Waals surface area (Å²) in [6, 6.07) is 15.0. The summed E-state index contributed by atoms with van der Waals surface area (Å²) in [5, 5.41) is 0. The molecule has 0 spiro atoms. The van der Waals surface area contributed by atoms with Gasteiger partial charge in [0.1, 0.15) is 0 Å². The van der Waals surface area contributed by atoms with Crippen LogP contribution in [0.3, 0.4) is 0 Å². The maximum atomic E-state index is 13.3. The smallest absolute Gasteiger partial charge is 0.336 e. The fourth-order valence-electron chi connectivity index (χ4n) is 4.39. The average Bonchev–Trinajstić information content (AvgIpc) is 3.27. The van der Waals surface area contributed by atoms with Gasteiger partial charge in [-0.05, 0) is 57.5 Å². The molecule has 0 saturated heterocycles. The van der Waals surface area contributed by atoms with Gasteiger partial charge in [0.05, 0.1) is 30.3 Å². The van der Waals surface area contributed by atoms with Crippen LogP contribution in [0.4, 0.5) is 5.69 Å². The molecule has 0 saturated carbocycles. The zero-order valence-electron chi connectivity index (χ0n) is 19.2. The quantitative estimate of drug-likeness (QED) is 0.592. The lowest BCUT2D eigenvalue weighted by atomic mass is 9.79. The van der Waals surface area contributed by atoms with Crippen molar-refractivity contribution in [2.75, 3.05) is 24.9 Å². The first-order valence-electron chi connectivity index (χ1n) is 11.0. The van der Waals surface area contributed by atoms with Crippen LogP contribution >= 0.6 is 0 Å². The minimum absolute atomic E-state index is 0.129. The van der Waals surface area contributed by atoms with Gasteiger partial charge in [-0.25, -0.2) is 9.59 Å². The Kier molecular flexibility index (Phi) is 6.40. The number of rotatable bonds is 6. The van der Waals surface area contributed by atoms with Crippen LogP contribution in [0.15, 0.2) is 71.1 Å². The standard InChI is InChI=1S/C26H27NO6/c1-5-30-25(28)22-16(3)27(19-10-8-7-9-11-19)17(4)23(26(29)31-6-2)24(22)18-12-13-20-21(14-18)33-15-32-20/h7-14,24H,5-6,15H2,1-4H3. The third-order valence-corrected chi connectivity index (χ3v) is 5.76. The molecule has 0 atom stereocenters. The Hall–Kier alpha value is -3.74. The summed E-state index contributed by atoms with van der Waals surface area (Å²) < 4.78 is 21.9. The van der Waals surface area contributed by atoms with Crippen molar-refractivity contribution in [2.45, 2.75) is 33.6 Å². The molecular weight excluding hydrogens is 422 g/mol. The molecule has 2 aromatic carbocycles. The summed E-state index contributed by atoms with van der Waals surface area (Å²) in [4.78, 5) is 28.5. The summed E-state index contributed by atoms with van der Waals surface area (Å²) >= 11 is 0. The monoisotopic (exact) mass is 449 g/mol. The van der Waals surface area contributed by atoms with Crippen molar-refractivity contribution in [3.8, 4) is 11.5 Å². The van der Waals surface area contributed by atoms with Crippen LogP contribution in [0.5, 0.6) is 11.5 Å². The molecule has 0 N–H and O–H groups in total. The number of para-hydroxylation sites is 1. The van der Waals surface area contributed by atoms with Gasteiger partial charge in [0.2, 0.25) is 6.79 Å². The third-order valence-electron chi connectivity index (χ3n) is 5.76. The van der Waals surface area contributed by atoms with Crippen LogP contribution in [-0.2, 0) is 19.1 Å². The maximum Gasteiger partial charge on any atom is 0.336 e. The Morgan fingerprint density at radius 3 is 2.03 bits per heavy atom. The fraction of sp³-hybridized carbons (Fsp3) is 0.308. The first-order valence-corrected chi connectivity index (χ1v) is 11.0. The highest BCUT2D eigenvalue weighted by molar-refractivity contribution is 6.01. The molecule has 7 heteroatoms. The van der Waals surface area contributed by atoms with Gasteiger partial charge < -0.3 is 23.8 Å². The van der Waals surface area contributed by atoms with Crippen LogP contribution in [0, 0.1) is 0 Å². The van der Waals surface area contributed by atoms with E-state index in [2.05, 4.69) is 0 Å². The summed E-state index contributed by atoms with van der Waals surface area (Å²) in [7, 11) is 0. The van der Waals surface area contributed by atoms with Crippen LogP contribution in [0.1, 0.15) is 39.2 Å². The van der Waals surface area contributed by atoms with E-state index in [1.165, 1.54) is 0 Å². The summed E-state index contributed by atoms with van der Waals surface area (Å²) in [5.41, 5.74) is 3.69. The number of benzene rings is 2. The van der Waals surface area contributed by atoms with Gasteiger partial charge in [0.15, 0.2) is 11.5 Å². The van der Waals surface area contributed by atoms with Crippen LogP contribution in [0.25, 0.3) is 0 Å². The predicted octanol–water partition coefficient (Wildman–Crippen LogP) is 4.69. The largest absolute Gasteiger partial charge is 0.463 e. The molecule has 0 aromatic heterocycles. The van der Waals surface area contributed by atoms with E-state index in [9.17, 15) is 9.59 Å². The van der Waals surface area contributed by atoms with Crippen LogP contribution in [0.2, 0.25) is 0 Å². The van der Waals surface area contributed by atoms with E-state index in [0.717, 1.165) is 11.3 Å². The zero-order chi connectivity index (χ0) is 23.5. The Morgan fingerprint density at radius 1 is 0.879 bits per heavy atom. The van der Waals surface area contributed by atoms with Gasteiger partial charge in [-0.3, -0.25) is 0 Å². The van der Waals surface area contributed by atoms with E-state index < -0.39 is 17.9 Å². The van der Waals surface area contributed by atoms with Gasteiger partial charge in [-0.1, -0.05) is 24.3 Å². The highest BCUT2D eigenvalue weighted by Crippen LogP contribution is 2.46. The third kappa shape index (κ3) is 4.06. The molecule has 2 aliphatic rings. The van der Waals surface area contributed by atoms with Gasteiger partial charge in [-0.2, -0.15) is 0 Å². The van der Waals surface area contributed by atoms with E-state index in [1.807, 2.05) is 61.2 Å².